The van der Waals surface area contributed by atoms with Crippen molar-refractivity contribution in [3.63, 3.8) is 0 Å². The fraction of sp³-hybridized carbons (Fsp3) is 0.250. The molecule has 26 heavy (non-hydrogen) atoms. The topological polar surface area (TPSA) is 3.24 Å². The molecule has 1 aliphatic rings. The quantitative estimate of drug-likeness (QED) is 0.698. The van der Waals surface area contributed by atoms with Gasteiger partial charge in [0.25, 0.3) is 0 Å². The lowest BCUT2D eigenvalue weighted by atomic mass is 9.89. The summed E-state index contributed by atoms with van der Waals surface area (Å²) in [5, 5.41) is 0. The van der Waals surface area contributed by atoms with Crippen LogP contribution in [0.25, 0.3) is 5.57 Å². The van der Waals surface area contributed by atoms with Gasteiger partial charge in [0.15, 0.2) is 0 Å². The Hall–Kier alpha value is -2.58. The van der Waals surface area contributed by atoms with E-state index in [0.717, 1.165) is 10.9 Å². The van der Waals surface area contributed by atoms with Crippen LogP contribution in [0.5, 0.6) is 0 Å². The largest absolute Gasteiger partial charge is 0.378 e. The van der Waals surface area contributed by atoms with Crippen LogP contribution in [0.15, 0.2) is 84.1 Å². The molecule has 0 heterocycles. The number of benzene rings is 2. The molecule has 1 aliphatic carbocycles. The molecule has 3 rings (SSSR count). The highest BCUT2D eigenvalue weighted by molar-refractivity contribution is 5.84. The third kappa shape index (κ3) is 3.97. The Kier molecular flexibility index (Phi) is 5.15. The van der Waals surface area contributed by atoms with Crippen molar-refractivity contribution in [3.05, 3.63) is 95.2 Å². The molecule has 0 unspecified atom stereocenters. The van der Waals surface area contributed by atoms with E-state index in [1.165, 1.54) is 33.7 Å². The van der Waals surface area contributed by atoms with Crippen molar-refractivity contribution >= 4 is 11.3 Å². The van der Waals surface area contributed by atoms with Crippen LogP contribution in [-0.2, 0) is 0 Å². The summed E-state index contributed by atoms with van der Waals surface area (Å²) < 4.78 is 0.826. The minimum Gasteiger partial charge on any atom is -0.378 e. The maximum atomic E-state index is 2.30. The molecule has 0 saturated carbocycles. The molecule has 0 amide bonds. The van der Waals surface area contributed by atoms with Crippen LogP contribution >= 0.6 is 0 Å². The molecule has 2 heteroatoms. The molecule has 0 aliphatic heterocycles. The van der Waals surface area contributed by atoms with E-state index in [1.807, 2.05) is 0 Å². The second kappa shape index (κ2) is 7.35. The molecule has 0 atom stereocenters. The van der Waals surface area contributed by atoms with E-state index in [2.05, 4.69) is 113 Å². The van der Waals surface area contributed by atoms with Gasteiger partial charge in [0.1, 0.15) is 5.69 Å². The van der Waals surface area contributed by atoms with Crippen molar-refractivity contribution in [3.8, 4) is 0 Å². The molecular weight excluding hydrogens is 316 g/mol. The second-order valence-corrected chi connectivity index (χ2v) is 7.89. The zero-order chi connectivity index (χ0) is 18.7. The van der Waals surface area contributed by atoms with Gasteiger partial charge in [-0.1, -0.05) is 42.5 Å². The van der Waals surface area contributed by atoms with Gasteiger partial charge in [0, 0.05) is 19.8 Å². The van der Waals surface area contributed by atoms with Gasteiger partial charge in [-0.2, -0.15) is 0 Å². The van der Waals surface area contributed by atoms with E-state index < -0.39 is 0 Å². The van der Waals surface area contributed by atoms with Crippen LogP contribution in [0.4, 0.5) is 5.69 Å². The number of allylic oxidation sites excluding steroid dienone is 4. The molecule has 0 aromatic heterocycles. The highest BCUT2D eigenvalue weighted by Crippen LogP contribution is 2.33. The molecule has 0 bridgehead atoms. The summed E-state index contributed by atoms with van der Waals surface area (Å²) in [6.45, 7) is 0. The van der Waals surface area contributed by atoms with E-state index in [4.69, 9.17) is 0 Å². The molecule has 0 spiro atoms. The van der Waals surface area contributed by atoms with Gasteiger partial charge >= 0.3 is 0 Å². The second-order valence-electron chi connectivity index (χ2n) is 7.89. The average molecular weight is 346 g/mol. The van der Waals surface area contributed by atoms with Crippen molar-refractivity contribution in [2.45, 2.75) is 6.42 Å². The Morgan fingerprint density at radius 1 is 0.808 bits per heavy atom. The summed E-state index contributed by atoms with van der Waals surface area (Å²) in [5.74, 6) is 0. The molecule has 2 aromatic carbocycles. The third-order valence-electron chi connectivity index (χ3n) is 4.82. The summed E-state index contributed by atoms with van der Waals surface area (Å²) >= 11 is 0. The Labute approximate surface area is 158 Å². The van der Waals surface area contributed by atoms with Gasteiger partial charge in [0.05, 0.1) is 21.1 Å². The highest BCUT2D eigenvalue weighted by atomic mass is 15.3. The van der Waals surface area contributed by atoms with Crippen LogP contribution in [0.1, 0.15) is 17.5 Å². The van der Waals surface area contributed by atoms with E-state index in [9.17, 15) is 0 Å². The first-order chi connectivity index (χ1) is 12.4. The fourth-order valence-electron chi connectivity index (χ4n) is 3.27. The van der Waals surface area contributed by atoms with Crippen LogP contribution in [0, 0.1) is 0 Å². The van der Waals surface area contributed by atoms with Gasteiger partial charge in [-0.25, -0.2) is 0 Å². The SMILES string of the molecule is CN(C)C1=CC/C(=C(/c2ccccc2)c2ccc([N+](C)(C)C)cc2)C=C1. The van der Waals surface area contributed by atoms with Crippen molar-refractivity contribution < 1.29 is 0 Å². The average Bonchev–Trinajstić information content (AvgIpc) is 2.63. The zero-order valence-electron chi connectivity index (χ0n) is 16.5. The van der Waals surface area contributed by atoms with Crippen LogP contribution in [0.2, 0.25) is 0 Å². The zero-order valence-corrected chi connectivity index (χ0v) is 16.5. The summed E-state index contributed by atoms with van der Waals surface area (Å²) in [4.78, 5) is 2.16. The Morgan fingerprint density at radius 3 is 1.92 bits per heavy atom. The maximum Gasteiger partial charge on any atom is 0.132 e. The number of rotatable bonds is 4. The molecule has 0 N–H and O–H groups in total. The normalized spacial score (nSPS) is 16.3. The van der Waals surface area contributed by atoms with Gasteiger partial charge < -0.3 is 4.90 Å². The first-order valence-electron chi connectivity index (χ1n) is 9.13. The molecule has 0 fully saturated rings. The monoisotopic (exact) mass is 345 g/mol. The van der Waals surface area contributed by atoms with Crippen molar-refractivity contribution in [1.82, 2.24) is 9.38 Å². The number of hydrogen-bond donors (Lipinski definition) is 0. The lowest BCUT2D eigenvalue weighted by Crippen LogP contribution is -2.34. The van der Waals surface area contributed by atoms with E-state index >= 15 is 0 Å². The molecule has 0 saturated heterocycles. The fourth-order valence-corrected chi connectivity index (χ4v) is 3.27. The third-order valence-corrected chi connectivity index (χ3v) is 4.82. The summed E-state index contributed by atoms with van der Waals surface area (Å²) in [7, 11) is 10.8. The predicted molar refractivity (Wildman–Crippen MR) is 114 cm³/mol. The van der Waals surface area contributed by atoms with E-state index in [0.29, 0.717) is 0 Å². The first kappa shape index (κ1) is 18.2. The van der Waals surface area contributed by atoms with Gasteiger partial charge in [-0.3, -0.25) is 4.48 Å². The summed E-state index contributed by atoms with van der Waals surface area (Å²) in [5.41, 5.74) is 7.80. The minimum atomic E-state index is 0.826. The summed E-state index contributed by atoms with van der Waals surface area (Å²) in [6, 6.07) is 19.7. The minimum absolute atomic E-state index is 0.826. The molecular formula is C24H29N2+. The van der Waals surface area contributed by atoms with Crippen molar-refractivity contribution in [1.29, 1.82) is 0 Å². The molecule has 2 aromatic rings. The van der Waals surface area contributed by atoms with Gasteiger partial charge in [-0.15, -0.1) is 0 Å². The Morgan fingerprint density at radius 2 is 1.42 bits per heavy atom. The number of nitrogens with zero attached hydrogens (tertiary/aromatic N) is 2. The molecule has 0 radical (unpaired) electrons. The van der Waals surface area contributed by atoms with E-state index in [1.54, 1.807) is 0 Å². The van der Waals surface area contributed by atoms with Gasteiger partial charge in [-0.05, 0) is 59.0 Å². The van der Waals surface area contributed by atoms with Crippen LogP contribution in [-0.4, -0.2) is 40.1 Å². The Balaban J connectivity index is 2.07. The smallest absolute Gasteiger partial charge is 0.132 e. The highest BCUT2D eigenvalue weighted by Gasteiger charge is 2.15. The maximum absolute atomic E-state index is 2.30. The number of quaternary nitrogens is 1. The molecule has 2 nitrogen and oxygen atoms in total. The first-order valence-corrected chi connectivity index (χ1v) is 9.13. The Bertz CT molecular complexity index is 845. The lowest BCUT2D eigenvalue weighted by Gasteiger charge is -2.24. The lowest BCUT2D eigenvalue weighted by molar-refractivity contribution is 0.486. The van der Waals surface area contributed by atoms with Crippen molar-refractivity contribution in [2.24, 2.45) is 0 Å². The predicted octanol–water partition coefficient (Wildman–Crippen LogP) is 5.09. The summed E-state index contributed by atoms with van der Waals surface area (Å²) in [6.07, 6.45) is 7.73. The van der Waals surface area contributed by atoms with Gasteiger partial charge in [0.2, 0.25) is 0 Å². The van der Waals surface area contributed by atoms with Crippen LogP contribution in [0.3, 0.4) is 0 Å². The molecule has 134 valence electrons. The van der Waals surface area contributed by atoms with Crippen LogP contribution < -0.4 is 4.48 Å². The standard InChI is InChI=1S/C24H29N2/c1-25(2)22-15-11-20(12-16-22)24(19-9-7-6-8-10-19)21-13-17-23(18-14-21)26(3,4)5/h6-11,13-18H,12H2,1-5H3/q+1/b24-20-. The van der Waals surface area contributed by atoms with E-state index in [-0.39, 0.29) is 0 Å². The van der Waals surface area contributed by atoms with Crippen molar-refractivity contribution in [2.75, 3.05) is 35.2 Å². The number of hydrogen-bond acceptors (Lipinski definition) is 1. The number of likely N-dealkylation sites (N-methyl/N-ethyl adjacent to an activating group) is 1.